The van der Waals surface area contributed by atoms with E-state index in [9.17, 15) is 0 Å². The molecule has 2 N–H and O–H groups in total. The summed E-state index contributed by atoms with van der Waals surface area (Å²) in [7, 11) is 0. The molecule has 2 aromatic rings. The van der Waals surface area contributed by atoms with Crippen LogP contribution < -0.4 is 5.32 Å². The zero-order valence-corrected chi connectivity index (χ0v) is 11.1. The van der Waals surface area contributed by atoms with Crippen molar-refractivity contribution in [2.45, 2.75) is 26.3 Å². The van der Waals surface area contributed by atoms with Gasteiger partial charge in [-0.25, -0.2) is 9.97 Å². The molecule has 0 fully saturated rings. The second-order valence-electron chi connectivity index (χ2n) is 4.48. The number of aryl methyl sites for hydroxylation is 2. The third kappa shape index (κ3) is 4.34. The van der Waals surface area contributed by atoms with E-state index in [0.717, 1.165) is 30.0 Å². The van der Waals surface area contributed by atoms with Gasteiger partial charge in [-0.1, -0.05) is 12.1 Å². The minimum Gasteiger partial charge on any atom is -0.396 e. The molecule has 19 heavy (non-hydrogen) atoms. The molecule has 0 bridgehead atoms. The van der Waals surface area contributed by atoms with Crippen LogP contribution in [0, 0.1) is 6.92 Å². The Kier molecular flexibility index (Phi) is 4.86. The SMILES string of the molecule is Cc1nccc(CNc2cccc(CCCO)c2)n1. The summed E-state index contributed by atoms with van der Waals surface area (Å²) in [5.74, 6) is 0.788. The van der Waals surface area contributed by atoms with Gasteiger partial charge in [0.05, 0.1) is 12.2 Å². The normalized spacial score (nSPS) is 10.4. The van der Waals surface area contributed by atoms with Gasteiger partial charge in [0.1, 0.15) is 5.82 Å². The van der Waals surface area contributed by atoms with Gasteiger partial charge in [0.15, 0.2) is 0 Å². The molecule has 0 amide bonds. The lowest BCUT2D eigenvalue weighted by atomic mass is 10.1. The molecule has 0 aliphatic carbocycles. The molecule has 100 valence electrons. The van der Waals surface area contributed by atoms with E-state index in [4.69, 9.17) is 5.11 Å². The average Bonchev–Trinajstić information content (AvgIpc) is 2.43. The molecule has 1 aromatic heterocycles. The Labute approximate surface area is 113 Å². The van der Waals surface area contributed by atoms with E-state index in [2.05, 4.69) is 27.4 Å². The lowest BCUT2D eigenvalue weighted by Crippen LogP contribution is -2.03. The molecule has 4 heteroatoms. The number of aliphatic hydroxyl groups is 1. The van der Waals surface area contributed by atoms with Crippen molar-refractivity contribution in [1.82, 2.24) is 9.97 Å². The average molecular weight is 257 g/mol. The van der Waals surface area contributed by atoms with Gasteiger partial charge in [0, 0.05) is 18.5 Å². The summed E-state index contributed by atoms with van der Waals surface area (Å²) in [6.07, 6.45) is 3.48. The number of benzene rings is 1. The summed E-state index contributed by atoms with van der Waals surface area (Å²) < 4.78 is 0. The Morgan fingerprint density at radius 1 is 1.26 bits per heavy atom. The fourth-order valence-corrected chi connectivity index (χ4v) is 1.92. The molecular formula is C15H19N3O. The number of aromatic nitrogens is 2. The minimum absolute atomic E-state index is 0.234. The van der Waals surface area contributed by atoms with E-state index < -0.39 is 0 Å². The number of nitrogens with zero attached hydrogens (tertiary/aromatic N) is 2. The van der Waals surface area contributed by atoms with Gasteiger partial charge in [-0.3, -0.25) is 0 Å². The van der Waals surface area contributed by atoms with Gasteiger partial charge in [-0.15, -0.1) is 0 Å². The molecule has 0 saturated carbocycles. The Morgan fingerprint density at radius 2 is 2.16 bits per heavy atom. The highest BCUT2D eigenvalue weighted by Gasteiger charge is 1.98. The quantitative estimate of drug-likeness (QED) is 0.834. The summed E-state index contributed by atoms with van der Waals surface area (Å²) in [6.45, 7) is 2.81. The van der Waals surface area contributed by atoms with Crippen LogP contribution in [0.2, 0.25) is 0 Å². The molecule has 4 nitrogen and oxygen atoms in total. The van der Waals surface area contributed by atoms with Crippen molar-refractivity contribution in [2.24, 2.45) is 0 Å². The monoisotopic (exact) mass is 257 g/mol. The van der Waals surface area contributed by atoms with Crippen LogP contribution in [0.1, 0.15) is 23.5 Å². The first-order valence-corrected chi connectivity index (χ1v) is 6.50. The predicted molar refractivity (Wildman–Crippen MR) is 75.9 cm³/mol. The Bertz CT molecular complexity index is 528. The molecule has 0 saturated heterocycles. The summed E-state index contributed by atoms with van der Waals surface area (Å²) in [6, 6.07) is 10.2. The van der Waals surface area contributed by atoms with Crippen molar-refractivity contribution in [1.29, 1.82) is 0 Å². The van der Waals surface area contributed by atoms with Crippen LogP contribution in [0.15, 0.2) is 36.5 Å². The highest BCUT2D eigenvalue weighted by atomic mass is 16.2. The minimum atomic E-state index is 0.234. The molecule has 0 spiro atoms. The van der Waals surface area contributed by atoms with Crippen LogP contribution in [-0.4, -0.2) is 21.7 Å². The smallest absolute Gasteiger partial charge is 0.125 e. The maximum absolute atomic E-state index is 8.85. The van der Waals surface area contributed by atoms with Crippen LogP contribution in [0.3, 0.4) is 0 Å². The molecule has 1 aromatic carbocycles. The van der Waals surface area contributed by atoms with Crippen molar-refractivity contribution < 1.29 is 5.11 Å². The standard InChI is InChI=1S/C15H19N3O/c1-12-16-8-7-15(18-12)11-17-14-6-2-4-13(10-14)5-3-9-19/h2,4,6-8,10,17,19H,3,5,9,11H2,1H3. The number of nitrogens with one attached hydrogen (secondary N) is 1. The van der Waals surface area contributed by atoms with E-state index >= 15 is 0 Å². The third-order valence-corrected chi connectivity index (χ3v) is 2.86. The van der Waals surface area contributed by atoms with Crippen molar-refractivity contribution in [2.75, 3.05) is 11.9 Å². The zero-order chi connectivity index (χ0) is 13.5. The highest BCUT2D eigenvalue weighted by Crippen LogP contribution is 2.13. The molecule has 0 unspecified atom stereocenters. The Balaban J connectivity index is 1.95. The molecule has 0 aliphatic rings. The Morgan fingerprint density at radius 3 is 2.95 bits per heavy atom. The van der Waals surface area contributed by atoms with Gasteiger partial charge in [0.25, 0.3) is 0 Å². The summed E-state index contributed by atoms with van der Waals surface area (Å²) in [5, 5.41) is 12.2. The maximum Gasteiger partial charge on any atom is 0.125 e. The van der Waals surface area contributed by atoms with Crippen LogP contribution in [0.25, 0.3) is 0 Å². The van der Waals surface area contributed by atoms with E-state index in [1.165, 1.54) is 5.56 Å². The second kappa shape index (κ2) is 6.85. The van der Waals surface area contributed by atoms with E-state index in [-0.39, 0.29) is 6.61 Å². The second-order valence-corrected chi connectivity index (χ2v) is 4.48. The van der Waals surface area contributed by atoms with Crippen molar-refractivity contribution in [3.63, 3.8) is 0 Å². The fourth-order valence-electron chi connectivity index (χ4n) is 1.92. The first-order chi connectivity index (χ1) is 9.28. The lowest BCUT2D eigenvalue weighted by molar-refractivity contribution is 0.288. The third-order valence-electron chi connectivity index (χ3n) is 2.86. The maximum atomic E-state index is 8.85. The zero-order valence-electron chi connectivity index (χ0n) is 11.1. The van der Waals surface area contributed by atoms with Gasteiger partial charge >= 0.3 is 0 Å². The molecule has 0 radical (unpaired) electrons. The van der Waals surface area contributed by atoms with Crippen LogP contribution in [0.4, 0.5) is 5.69 Å². The van der Waals surface area contributed by atoms with Gasteiger partial charge in [0.2, 0.25) is 0 Å². The van der Waals surface area contributed by atoms with E-state index in [1.807, 2.05) is 25.1 Å². The highest BCUT2D eigenvalue weighted by molar-refractivity contribution is 5.46. The molecule has 2 rings (SSSR count). The summed E-state index contributed by atoms with van der Waals surface area (Å²) in [4.78, 5) is 8.43. The van der Waals surface area contributed by atoms with Crippen molar-refractivity contribution >= 4 is 5.69 Å². The van der Waals surface area contributed by atoms with Crippen LogP contribution in [0.5, 0.6) is 0 Å². The molecular weight excluding hydrogens is 238 g/mol. The summed E-state index contributed by atoms with van der Waals surface area (Å²) >= 11 is 0. The van der Waals surface area contributed by atoms with Crippen molar-refractivity contribution in [3.05, 3.63) is 53.6 Å². The van der Waals surface area contributed by atoms with E-state index in [0.29, 0.717) is 6.54 Å². The number of hydrogen-bond donors (Lipinski definition) is 2. The number of aliphatic hydroxyl groups excluding tert-OH is 1. The Hall–Kier alpha value is -1.94. The molecule has 0 aliphatic heterocycles. The first kappa shape index (κ1) is 13.5. The van der Waals surface area contributed by atoms with Gasteiger partial charge in [-0.05, 0) is 43.5 Å². The molecule has 0 atom stereocenters. The number of anilines is 1. The van der Waals surface area contributed by atoms with Gasteiger partial charge in [-0.2, -0.15) is 0 Å². The first-order valence-electron chi connectivity index (χ1n) is 6.50. The molecule has 1 heterocycles. The lowest BCUT2D eigenvalue weighted by Gasteiger charge is -2.08. The van der Waals surface area contributed by atoms with Crippen LogP contribution >= 0.6 is 0 Å². The number of hydrogen-bond acceptors (Lipinski definition) is 4. The fraction of sp³-hybridized carbons (Fsp3) is 0.333. The number of rotatable bonds is 6. The van der Waals surface area contributed by atoms with Crippen LogP contribution in [-0.2, 0) is 13.0 Å². The summed E-state index contributed by atoms with van der Waals surface area (Å²) in [5.41, 5.74) is 3.29. The predicted octanol–water partition coefficient (Wildman–Crippen LogP) is 2.32. The van der Waals surface area contributed by atoms with E-state index in [1.54, 1.807) is 6.20 Å². The topological polar surface area (TPSA) is 58.0 Å². The largest absolute Gasteiger partial charge is 0.396 e. The van der Waals surface area contributed by atoms with Crippen molar-refractivity contribution in [3.8, 4) is 0 Å². The van der Waals surface area contributed by atoms with Gasteiger partial charge < -0.3 is 10.4 Å².